The fraction of sp³-hybridized carbons (Fsp3) is 0.222. The molecule has 1 aliphatic rings. The number of carbonyl (C=O) groups excluding carboxylic acids is 1. The van der Waals surface area contributed by atoms with E-state index in [1.54, 1.807) is 0 Å². The van der Waals surface area contributed by atoms with Crippen molar-refractivity contribution in [2.24, 2.45) is 0 Å². The molecule has 0 bridgehead atoms. The molecule has 2 nitrogen and oxygen atoms in total. The number of halogens is 1. The Morgan fingerprint density at radius 2 is 2.33 bits per heavy atom. The van der Waals surface area contributed by atoms with Crippen molar-refractivity contribution in [3.8, 4) is 5.75 Å². The Morgan fingerprint density at radius 1 is 1.50 bits per heavy atom. The monoisotopic (exact) mass is 226 g/mol. The Hall–Kier alpha value is -0.830. The molecular formula is C9H7BrO2. The van der Waals surface area contributed by atoms with E-state index in [1.807, 2.05) is 18.2 Å². The zero-order valence-corrected chi connectivity index (χ0v) is 7.93. The second-order valence-electron chi connectivity index (χ2n) is 2.73. The number of esters is 1. The second-order valence-corrected chi connectivity index (χ2v) is 3.29. The number of alkyl halides is 1. The van der Waals surface area contributed by atoms with Crippen LogP contribution in [0.4, 0.5) is 0 Å². The van der Waals surface area contributed by atoms with Crippen LogP contribution >= 0.6 is 15.9 Å². The third-order valence-corrected chi connectivity index (χ3v) is 2.49. The summed E-state index contributed by atoms with van der Waals surface area (Å²) >= 11 is 3.34. The van der Waals surface area contributed by atoms with E-state index in [4.69, 9.17) is 4.74 Å². The molecule has 0 radical (unpaired) electrons. The van der Waals surface area contributed by atoms with Crippen molar-refractivity contribution in [2.75, 3.05) is 0 Å². The van der Waals surface area contributed by atoms with Crippen molar-refractivity contribution in [3.63, 3.8) is 0 Å². The smallest absolute Gasteiger partial charge is 0.315 e. The van der Waals surface area contributed by atoms with Gasteiger partial charge in [-0.3, -0.25) is 4.79 Å². The Bertz CT molecular complexity index is 333. The molecule has 1 aromatic carbocycles. The van der Waals surface area contributed by atoms with Crippen LogP contribution in [0.5, 0.6) is 5.75 Å². The number of benzene rings is 1. The minimum absolute atomic E-state index is 0.156. The molecule has 0 fully saturated rings. The molecule has 2 rings (SSSR count). The minimum Gasteiger partial charge on any atom is -0.426 e. The fourth-order valence-corrected chi connectivity index (χ4v) is 1.59. The van der Waals surface area contributed by atoms with E-state index in [9.17, 15) is 4.79 Å². The van der Waals surface area contributed by atoms with Gasteiger partial charge in [0.25, 0.3) is 0 Å². The maximum absolute atomic E-state index is 10.9. The zero-order valence-electron chi connectivity index (χ0n) is 6.34. The van der Waals surface area contributed by atoms with E-state index in [-0.39, 0.29) is 5.97 Å². The molecule has 0 atom stereocenters. The molecule has 1 aromatic rings. The molecule has 12 heavy (non-hydrogen) atoms. The lowest BCUT2D eigenvalue weighted by molar-refractivity contribution is -0.131. The summed E-state index contributed by atoms with van der Waals surface area (Å²) in [6.45, 7) is 0. The van der Waals surface area contributed by atoms with Crippen LogP contribution in [0.2, 0.25) is 0 Å². The van der Waals surface area contributed by atoms with Crippen LogP contribution in [-0.2, 0) is 16.5 Å². The van der Waals surface area contributed by atoms with Gasteiger partial charge >= 0.3 is 5.97 Å². The average Bonchev–Trinajstić information content (AvgIpc) is 2.43. The normalized spacial score (nSPS) is 14.2. The second kappa shape index (κ2) is 2.90. The number of hydrogen-bond donors (Lipinski definition) is 0. The van der Waals surface area contributed by atoms with Crippen molar-refractivity contribution in [2.45, 2.75) is 11.8 Å². The highest BCUT2D eigenvalue weighted by Gasteiger charge is 2.19. The molecule has 0 amide bonds. The lowest BCUT2D eigenvalue weighted by atomic mass is 10.1. The van der Waals surface area contributed by atoms with Gasteiger partial charge in [-0.25, -0.2) is 0 Å². The van der Waals surface area contributed by atoms with Crippen molar-refractivity contribution < 1.29 is 9.53 Å². The average molecular weight is 227 g/mol. The molecule has 0 aliphatic carbocycles. The van der Waals surface area contributed by atoms with Gasteiger partial charge < -0.3 is 4.74 Å². The van der Waals surface area contributed by atoms with Gasteiger partial charge in [0.15, 0.2) is 0 Å². The fourth-order valence-electron chi connectivity index (χ4n) is 1.24. The van der Waals surface area contributed by atoms with Gasteiger partial charge in [0.2, 0.25) is 0 Å². The Kier molecular flexibility index (Phi) is 1.89. The van der Waals surface area contributed by atoms with Crippen molar-refractivity contribution in [1.82, 2.24) is 0 Å². The van der Waals surface area contributed by atoms with Gasteiger partial charge in [-0.05, 0) is 11.6 Å². The summed E-state index contributed by atoms with van der Waals surface area (Å²) in [4.78, 5) is 10.9. The van der Waals surface area contributed by atoms with E-state index >= 15 is 0 Å². The predicted octanol–water partition coefficient (Wildman–Crippen LogP) is 2.04. The van der Waals surface area contributed by atoms with E-state index in [0.29, 0.717) is 6.42 Å². The van der Waals surface area contributed by atoms with Crippen molar-refractivity contribution in [3.05, 3.63) is 29.3 Å². The van der Waals surface area contributed by atoms with Crippen LogP contribution in [0.25, 0.3) is 0 Å². The highest BCUT2D eigenvalue weighted by Crippen LogP contribution is 2.27. The summed E-state index contributed by atoms with van der Waals surface area (Å²) in [5.74, 6) is 0.564. The van der Waals surface area contributed by atoms with E-state index in [1.165, 1.54) is 0 Å². The largest absolute Gasteiger partial charge is 0.426 e. The highest BCUT2D eigenvalue weighted by atomic mass is 79.9. The van der Waals surface area contributed by atoms with Crippen LogP contribution in [0, 0.1) is 0 Å². The summed E-state index contributed by atoms with van der Waals surface area (Å²) in [6.07, 6.45) is 0.415. The number of rotatable bonds is 1. The van der Waals surface area contributed by atoms with Gasteiger partial charge in [-0.1, -0.05) is 28.1 Å². The number of hydrogen-bond acceptors (Lipinski definition) is 2. The van der Waals surface area contributed by atoms with Gasteiger partial charge in [-0.15, -0.1) is 0 Å². The van der Waals surface area contributed by atoms with Crippen molar-refractivity contribution in [1.29, 1.82) is 0 Å². The summed E-state index contributed by atoms with van der Waals surface area (Å²) in [7, 11) is 0. The maximum atomic E-state index is 10.9. The number of fused-ring (bicyclic) bond motifs is 1. The molecule has 0 spiro atoms. The van der Waals surface area contributed by atoms with Crippen LogP contribution in [0.15, 0.2) is 18.2 Å². The molecule has 62 valence electrons. The van der Waals surface area contributed by atoms with Gasteiger partial charge in [0, 0.05) is 10.9 Å². The molecule has 3 heteroatoms. The third-order valence-electron chi connectivity index (χ3n) is 1.84. The first-order valence-corrected chi connectivity index (χ1v) is 4.80. The van der Waals surface area contributed by atoms with Crippen LogP contribution in [0.1, 0.15) is 11.1 Å². The minimum atomic E-state index is -0.156. The first kappa shape index (κ1) is 7.80. The number of carbonyl (C=O) groups is 1. The summed E-state index contributed by atoms with van der Waals surface area (Å²) < 4.78 is 4.99. The lowest BCUT2D eigenvalue weighted by Gasteiger charge is -1.98. The summed E-state index contributed by atoms with van der Waals surface area (Å²) in [6, 6.07) is 5.83. The summed E-state index contributed by atoms with van der Waals surface area (Å²) in [5.41, 5.74) is 2.12. The topological polar surface area (TPSA) is 26.3 Å². The van der Waals surface area contributed by atoms with Crippen LogP contribution in [-0.4, -0.2) is 5.97 Å². The first-order chi connectivity index (χ1) is 5.79. The van der Waals surface area contributed by atoms with E-state index < -0.39 is 0 Å². The van der Waals surface area contributed by atoms with Crippen LogP contribution < -0.4 is 4.74 Å². The molecule has 0 saturated heterocycles. The predicted molar refractivity (Wildman–Crippen MR) is 48.4 cm³/mol. The molecular weight excluding hydrogens is 220 g/mol. The molecule has 1 aliphatic heterocycles. The molecule has 0 aromatic heterocycles. The Morgan fingerprint density at radius 3 is 3.08 bits per heavy atom. The Balaban J connectivity index is 2.41. The van der Waals surface area contributed by atoms with Gasteiger partial charge in [0.05, 0.1) is 6.42 Å². The zero-order chi connectivity index (χ0) is 8.55. The van der Waals surface area contributed by atoms with E-state index in [0.717, 1.165) is 22.2 Å². The summed E-state index contributed by atoms with van der Waals surface area (Å²) in [5, 5.41) is 0.790. The number of ether oxygens (including phenoxy) is 1. The molecule has 0 saturated carbocycles. The standard InChI is InChI=1S/C9H7BrO2/c10-5-6-1-2-7-4-9(11)12-8(7)3-6/h1-3H,4-5H2. The molecule has 0 N–H and O–H groups in total. The van der Waals surface area contributed by atoms with Crippen molar-refractivity contribution >= 4 is 21.9 Å². The van der Waals surface area contributed by atoms with Gasteiger partial charge in [0.1, 0.15) is 5.75 Å². The molecule has 1 heterocycles. The molecule has 0 unspecified atom stereocenters. The maximum Gasteiger partial charge on any atom is 0.315 e. The van der Waals surface area contributed by atoms with E-state index in [2.05, 4.69) is 15.9 Å². The lowest BCUT2D eigenvalue weighted by Crippen LogP contribution is -2.00. The first-order valence-electron chi connectivity index (χ1n) is 3.68. The van der Waals surface area contributed by atoms with Gasteiger partial charge in [-0.2, -0.15) is 0 Å². The quantitative estimate of drug-likeness (QED) is 0.417. The Labute approximate surface area is 78.7 Å². The third kappa shape index (κ3) is 1.25. The SMILES string of the molecule is O=C1Cc2ccc(CBr)cc2O1. The highest BCUT2D eigenvalue weighted by molar-refractivity contribution is 9.08. The van der Waals surface area contributed by atoms with Crippen LogP contribution in [0.3, 0.4) is 0 Å².